The van der Waals surface area contributed by atoms with Gasteiger partial charge in [-0.1, -0.05) is 291 Å². The molecule has 0 radical (unpaired) electrons. The summed E-state index contributed by atoms with van der Waals surface area (Å²) in [5.41, 5.74) is 0. The minimum Gasteiger partial charge on any atom is -0.462 e. The lowest BCUT2D eigenvalue weighted by molar-refractivity contribution is -0.154. The van der Waals surface area contributed by atoms with Gasteiger partial charge in [0.25, 0.3) is 0 Å². The maximum atomic E-state index is 14.0. The van der Waals surface area contributed by atoms with E-state index in [9.17, 15) is 9.59 Å². The highest BCUT2D eigenvalue weighted by molar-refractivity contribution is 5.82. The molecule has 352 valence electrons. The topological polar surface area (TPSA) is 43.4 Å². The molecule has 0 aliphatic heterocycles. The van der Waals surface area contributed by atoms with Gasteiger partial charge in [-0.05, 0) is 32.1 Å². The van der Waals surface area contributed by atoms with Crippen molar-refractivity contribution in [1.82, 2.24) is 0 Å². The summed E-state index contributed by atoms with van der Waals surface area (Å²) in [5, 5.41) is 0. The highest BCUT2D eigenvalue weighted by Gasteiger charge is 2.30. The van der Waals surface area contributed by atoms with Crippen LogP contribution in [0.4, 0.5) is 0 Å². The molecule has 0 heterocycles. The van der Waals surface area contributed by atoms with Crippen LogP contribution in [0.3, 0.4) is 0 Å². The summed E-state index contributed by atoms with van der Waals surface area (Å²) in [6, 6.07) is 0. The lowest BCUT2D eigenvalue weighted by atomic mass is 9.86. The van der Waals surface area contributed by atoms with E-state index in [1.54, 1.807) is 0 Å². The first kappa shape index (κ1) is 58.1. The highest BCUT2D eigenvalue weighted by atomic mass is 16.5. The zero-order valence-electron chi connectivity index (χ0n) is 41.3. The van der Waals surface area contributed by atoms with Crippen LogP contribution in [0.2, 0.25) is 0 Å². The number of esters is 1. The molecule has 3 heteroatoms. The van der Waals surface area contributed by atoms with Gasteiger partial charge in [0.1, 0.15) is 11.9 Å². The van der Waals surface area contributed by atoms with Crippen molar-refractivity contribution in [1.29, 1.82) is 0 Å². The normalized spacial score (nSPS) is 12.6. The summed E-state index contributed by atoms with van der Waals surface area (Å²) in [4.78, 5) is 27.4. The molecule has 0 rings (SSSR count). The maximum absolute atomic E-state index is 14.0. The molecule has 0 aliphatic rings. The SMILES string of the molecule is CCCCCCCCCCCCCCCCCC(=O)OC(CCCCCCCCCCC)C(CCCCCCC)C(=O)CCCCCCCCCCCCCCCCC. The quantitative estimate of drug-likeness (QED) is 0.0453. The number of ether oxygens (including phenoxy) is 1. The zero-order valence-corrected chi connectivity index (χ0v) is 41.3. The largest absolute Gasteiger partial charge is 0.462 e. The minimum absolute atomic E-state index is 0.0450. The smallest absolute Gasteiger partial charge is 0.306 e. The second-order valence-corrected chi connectivity index (χ2v) is 19.3. The van der Waals surface area contributed by atoms with Crippen molar-refractivity contribution in [2.45, 2.75) is 342 Å². The van der Waals surface area contributed by atoms with E-state index in [-0.39, 0.29) is 18.0 Å². The summed E-state index contributed by atoms with van der Waals surface area (Å²) >= 11 is 0. The van der Waals surface area contributed by atoms with Crippen molar-refractivity contribution in [3.63, 3.8) is 0 Å². The Labute approximate surface area is 372 Å². The first-order valence-electron chi connectivity index (χ1n) is 27.8. The van der Waals surface area contributed by atoms with Crippen molar-refractivity contribution in [3.05, 3.63) is 0 Å². The summed E-state index contributed by atoms with van der Waals surface area (Å²) < 4.78 is 6.37. The van der Waals surface area contributed by atoms with E-state index >= 15 is 0 Å². The number of carbonyl (C=O) groups is 2. The van der Waals surface area contributed by atoms with Crippen LogP contribution in [-0.2, 0) is 14.3 Å². The summed E-state index contributed by atoms with van der Waals surface area (Å²) in [6.45, 7) is 9.14. The maximum Gasteiger partial charge on any atom is 0.306 e. The van der Waals surface area contributed by atoms with Gasteiger partial charge in [0, 0.05) is 12.8 Å². The van der Waals surface area contributed by atoms with Crippen molar-refractivity contribution < 1.29 is 14.3 Å². The molecule has 2 atom stereocenters. The average Bonchev–Trinajstić information content (AvgIpc) is 3.23. The van der Waals surface area contributed by atoms with E-state index in [1.165, 1.54) is 244 Å². The molecule has 0 saturated carbocycles. The van der Waals surface area contributed by atoms with Gasteiger partial charge in [-0.25, -0.2) is 0 Å². The number of ketones is 1. The Morgan fingerprint density at radius 2 is 0.525 bits per heavy atom. The molecule has 59 heavy (non-hydrogen) atoms. The van der Waals surface area contributed by atoms with E-state index in [0.29, 0.717) is 18.6 Å². The van der Waals surface area contributed by atoms with Gasteiger partial charge in [-0.2, -0.15) is 0 Å². The van der Waals surface area contributed by atoms with Crippen LogP contribution in [-0.4, -0.2) is 17.9 Å². The molecule has 2 unspecified atom stereocenters. The predicted molar refractivity (Wildman–Crippen MR) is 263 cm³/mol. The van der Waals surface area contributed by atoms with Crippen LogP contribution in [0.5, 0.6) is 0 Å². The van der Waals surface area contributed by atoms with Gasteiger partial charge >= 0.3 is 5.97 Å². The van der Waals surface area contributed by atoms with Crippen LogP contribution in [0, 0.1) is 5.92 Å². The molecule has 0 amide bonds. The van der Waals surface area contributed by atoms with Gasteiger partial charge in [-0.3, -0.25) is 9.59 Å². The van der Waals surface area contributed by atoms with Crippen LogP contribution in [0.25, 0.3) is 0 Å². The monoisotopic (exact) mass is 831 g/mol. The number of Topliss-reactive ketones (excluding diaryl/α,β-unsaturated/α-hetero) is 1. The number of carbonyl (C=O) groups excluding carboxylic acids is 2. The fraction of sp³-hybridized carbons (Fsp3) is 0.964. The Kier molecular flexibility index (Phi) is 49.1. The number of hydrogen-bond donors (Lipinski definition) is 0. The van der Waals surface area contributed by atoms with Crippen LogP contribution in [0.15, 0.2) is 0 Å². The third kappa shape index (κ3) is 43.6. The lowest BCUT2D eigenvalue weighted by Gasteiger charge is -2.27. The second kappa shape index (κ2) is 49.8. The van der Waals surface area contributed by atoms with Crippen LogP contribution < -0.4 is 0 Å². The first-order valence-corrected chi connectivity index (χ1v) is 27.8. The Bertz CT molecular complexity index is 822. The number of rotatable bonds is 51. The van der Waals surface area contributed by atoms with E-state index in [2.05, 4.69) is 27.7 Å². The standard InChI is InChI=1S/C56H110O3/c1-5-9-13-17-20-23-25-27-29-31-33-36-38-42-46-50-54(57)53(49-45-41-16-12-8-4)55(51-47-43-39-35-22-19-15-11-7-3)59-56(58)52-48-44-40-37-34-32-30-28-26-24-21-18-14-10-6-2/h53,55H,5-52H2,1-4H3. The molecular weight excluding hydrogens is 721 g/mol. The van der Waals surface area contributed by atoms with Gasteiger partial charge < -0.3 is 4.74 Å². The average molecular weight is 831 g/mol. The molecule has 0 aliphatic carbocycles. The Balaban J connectivity index is 4.79. The molecule has 0 fully saturated rings. The molecule has 0 aromatic heterocycles. The van der Waals surface area contributed by atoms with Crippen LogP contribution >= 0.6 is 0 Å². The predicted octanol–water partition coefficient (Wildman–Crippen LogP) is 19.9. The summed E-state index contributed by atoms with van der Waals surface area (Å²) in [7, 11) is 0. The first-order chi connectivity index (χ1) is 29.1. The van der Waals surface area contributed by atoms with Crippen molar-refractivity contribution in [3.8, 4) is 0 Å². The van der Waals surface area contributed by atoms with E-state index in [0.717, 1.165) is 51.4 Å². The molecule has 3 nitrogen and oxygen atoms in total. The van der Waals surface area contributed by atoms with Gasteiger partial charge in [0.05, 0.1) is 5.92 Å². The van der Waals surface area contributed by atoms with Crippen LogP contribution in [0.1, 0.15) is 336 Å². The van der Waals surface area contributed by atoms with E-state index in [1.807, 2.05) is 0 Å². The van der Waals surface area contributed by atoms with E-state index in [4.69, 9.17) is 4.74 Å². The third-order valence-corrected chi connectivity index (χ3v) is 13.4. The van der Waals surface area contributed by atoms with Gasteiger partial charge in [0.15, 0.2) is 0 Å². The zero-order chi connectivity index (χ0) is 43.0. The number of hydrogen-bond acceptors (Lipinski definition) is 3. The van der Waals surface area contributed by atoms with Crippen molar-refractivity contribution in [2.75, 3.05) is 0 Å². The minimum atomic E-state index is -0.224. The summed E-state index contributed by atoms with van der Waals surface area (Å²) in [5.74, 6) is 0.231. The summed E-state index contributed by atoms with van der Waals surface area (Å²) in [6.07, 6.45) is 60.4. The highest BCUT2D eigenvalue weighted by Crippen LogP contribution is 2.27. The molecule has 0 saturated heterocycles. The fourth-order valence-electron chi connectivity index (χ4n) is 9.24. The molecule has 0 aromatic rings. The molecule has 0 N–H and O–H groups in total. The van der Waals surface area contributed by atoms with Gasteiger partial charge in [0.2, 0.25) is 0 Å². The Morgan fingerprint density at radius 3 is 0.831 bits per heavy atom. The Morgan fingerprint density at radius 1 is 0.288 bits per heavy atom. The number of unbranched alkanes of at least 4 members (excludes halogenated alkanes) is 40. The van der Waals surface area contributed by atoms with E-state index < -0.39 is 0 Å². The Hall–Kier alpha value is -0.860. The van der Waals surface area contributed by atoms with Gasteiger partial charge in [-0.15, -0.1) is 0 Å². The molecule has 0 spiro atoms. The van der Waals surface area contributed by atoms with Crippen molar-refractivity contribution in [2.24, 2.45) is 5.92 Å². The lowest BCUT2D eigenvalue weighted by Crippen LogP contribution is -2.33. The molecule has 0 aromatic carbocycles. The molecular formula is C56H110O3. The van der Waals surface area contributed by atoms with Crippen molar-refractivity contribution >= 4 is 11.8 Å². The second-order valence-electron chi connectivity index (χ2n) is 19.3. The molecule has 0 bridgehead atoms. The fourth-order valence-corrected chi connectivity index (χ4v) is 9.24. The third-order valence-electron chi connectivity index (χ3n) is 13.4.